The van der Waals surface area contributed by atoms with Crippen LogP contribution < -0.4 is 5.32 Å². The molecule has 1 saturated carbocycles. The number of aliphatic hydroxyl groups excluding tert-OH is 1. The lowest BCUT2D eigenvalue weighted by atomic mass is 9.79. The van der Waals surface area contributed by atoms with Crippen LogP contribution in [-0.2, 0) is 4.74 Å². The summed E-state index contributed by atoms with van der Waals surface area (Å²) in [6.45, 7) is 9.46. The van der Waals surface area contributed by atoms with E-state index in [1.807, 2.05) is 0 Å². The average molecular weight is 284 g/mol. The summed E-state index contributed by atoms with van der Waals surface area (Å²) in [6.07, 6.45) is 4.36. The molecule has 2 aliphatic rings. The standard InChI is InChI=1S/C16H32N2O2/c1-13(2)17-10-16(5-4-6-20-12-16)11-18(3)9-14-7-15(19)8-14/h13-15,17,19H,4-12H2,1-3H3. The summed E-state index contributed by atoms with van der Waals surface area (Å²) >= 11 is 0. The van der Waals surface area contributed by atoms with Crippen LogP contribution in [-0.4, -0.2) is 62.0 Å². The quantitative estimate of drug-likeness (QED) is 0.743. The molecule has 1 unspecified atom stereocenters. The predicted molar refractivity (Wildman–Crippen MR) is 81.9 cm³/mol. The van der Waals surface area contributed by atoms with Crippen LogP contribution in [0.3, 0.4) is 0 Å². The minimum Gasteiger partial charge on any atom is -0.393 e. The van der Waals surface area contributed by atoms with Crippen LogP contribution in [0.4, 0.5) is 0 Å². The predicted octanol–water partition coefficient (Wildman–Crippen LogP) is 1.48. The zero-order valence-corrected chi connectivity index (χ0v) is 13.4. The van der Waals surface area contributed by atoms with Crippen molar-refractivity contribution in [2.24, 2.45) is 11.3 Å². The van der Waals surface area contributed by atoms with E-state index in [2.05, 4.69) is 31.1 Å². The van der Waals surface area contributed by atoms with Gasteiger partial charge in [-0.1, -0.05) is 13.8 Å². The third kappa shape index (κ3) is 4.69. The summed E-state index contributed by atoms with van der Waals surface area (Å²) in [5.74, 6) is 0.689. The van der Waals surface area contributed by atoms with E-state index in [0.29, 0.717) is 12.0 Å². The molecule has 1 saturated heterocycles. The van der Waals surface area contributed by atoms with Gasteiger partial charge in [0, 0.05) is 37.7 Å². The van der Waals surface area contributed by atoms with E-state index in [4.69, 9.17) is 4.74 Å². The van der Waals surface area contributed by atoms with Gasteiger partial charge in [0.1, 0.15) is 0 Å². The monoisotopic (exact) mass is 284 g/mol. The molecule has 118 valence electrons. The molecule has 1 aliphatic heterocycles. The van der Waals surface area contributed by atoms with Gasteiger partial charge in [-0.05, 0) is 38.6 Å². The maximum absolute atomic E-state index is 9.40. The van der Waals surface area contributed by atoms with Gasteiger partial charge in [0.25, 0.3) is 0 Å². The van der Waals surface area contributed by atoms with Crippen LogP contribution in [0.1, 0.15) is 39.5 Å². The van der Waals surface area contributed by atoms with E-state index in [1.165, 1.54) is 12.8 Å². The topological polar surface area (TPSA) is 44.7 Å². The molecule has 0 aromatic rings. The minimum atomic E-state index is -0.0389. The Bertz CT molecular complexity index is 284. The van der Waals surface area contributed by atoms with E-state index < -0.39 is 0 Å². The molecule has 0 aromatic heterocycles. The van der Waals surface area contributed by atoms with Crippen molar-refractivity contribution >= 4 is 0 Å². The number of aliphatic hydroxyl groups is 1. The molecule has 1 heterocycles. The van der Waals surface area contributed by atoms with Gasteiger partial charge in [0.05, 0.1) is 12.7 Å². The van der Waals surface area contributed by atoms with Gasteiger partial charge in [-0.25, -0.2) is 0 Å². The van der Waals surface area contributed by atoms with E-state index in [1.54, 1.807) is 0 Å². The van der Waals surface area contributed by atoms with Gasteiger partial charge in [-0.3, -0.25) is 0 Å². The SMILES string of the molecule is CC(C)NCC1(CN(C)CC2CC(O)C2)CCCOC1. The molecule has 2 N–H and O–H groups in total. The van der Waals surface area contributed by atoms with Crippen molar-refractivity contribution in [1.82, 2.24) is 10.2 Å². The third-order valence-corrected chi connectivity index (χ3v) is 4.68. The third-order valence-electron chi connectivity index (χ3n) is 4.68. The Balaban J connectivity index is 1.82. The highest BCUT2D eigenvalue weighted by Gasteiger charge is 2.35. The summed E-state index contributed by atoms with van der Waals surface area (Å²) in [6, 6.07) is 0.529. The van der Waals surface area contributed by atoms with Gasteiger partial charge in [-0.15, -0.1) is 0 Å². The Hall–Kier alpha value is -0.160. The molecule has 1 atom stereocenters. The number of hydrogen-bond acceptors (Lipinski definition) is 4. The van der Waals surface area contributed by atoms with E-state index >= 15 is 0 Å². The molecule has 4 heteroatoms. The van der Waals surface area contributed by atoms with E-state index in [9.17, 15) is 5.11 Å². The number of ether oxygens (including phenoxy) is 1. The second kappa shape index (κ2) is 7.21. The largest absolute Gasteiger partial charge is 0.393 e. The molecule has 4 nitrogen and oxygen atoms in total. The van der Waals surface area contributed by atoms with E-state index in [-0.39, 0.29) is 11.5 Å². The molecule has 20 heavy (non-hydrogen) atoms. The molecule has 0 spiro atoms. The first-order valence-corrected chi connectivity index (χ1v) is 8.17. The van der Waals surface area contributed by atoms with Gasteiger partial charge < -0.3 is 20.1 Å². The fourth-order valence-corrected chi connectivity index (χ4v) is 3.58. The zero-order chi connectivity index (χ0) is 14.6. The van der Waals surface area contributed by atoms with Crippen molar-refractivity contribution in [2.75, 3.05) is 39.9 Å². The van der Waals surface area contributed by atoms with Gasteiger partial charge >= 0.3 is 0 Å². The van der Waals surface area contributed by atoms with Crippen molar-refractivity contribution in [2.45, 2.75) is 51.7 Å². The highest BCUT2D eigenvalue weighted by Crippen LogP contribution is 2.32. The average Bonchev–Trinajstić information content (AvgIpc) is 2.36. The fourth-order valence-electron chi connectivity index (χ4n) is 3.58. The van der Waals surface area contributed by atoms with Crippen molar-refractivity contribution in [1.29, 1.82) is 0 Å². The van der Waals surface area contributed by atoms with Gasteiger partial charge in [-0.2, -0.15) is 0 Å². The maximum Gasteiger partial charge on any atom is 0.0546 e. The Morgan fingerprint density at radius 3 is 2.70 bits per heavy atom. The first kappa shape index (κ1) is 16.2. The van der Waals surface area contributed by atoms with Crippen molar-refractivity contribution in [3.8, 4) is 0 Å². The van der Waals surface area contributed by atoms with Gasteiger partial charge in [0.15, 0.2) is 0 Å². The first-order valence-electron chi connectivity index (χ1n) is 8.17. The normalized spacial score (nSPS) is 34.5. The summed E-state index contributed by atoms with van der Waals surface area (Å²) in [5.41, 5.74) is 0.264. The number of nitrogens with one attached hydrogen (secondary N) is 1. The Morgan fingerprint density at radius 2 is 2.15 bits per heavy atom. The van der Waals surface area contributed by atoms with Crippen LogP contribution in [0.25, 0.3) is 0 Å². The maximum atomic E-state index is 9.40. The Morgan fingerprint density at radius 1 is 1.40 bits per heavy atom. The highest BCUT2D eigenvalue weighted by molar-refractivity contribution is 4.89. The van der Waals surface area contributed by atoms with E-state index in [0.717, 1.165) is 45.7 Å². The second-order valence-corrected chi connectivity index (χ2v) is 7.38. The van der Waals surface area contributed by atoms with Crippen molar-refractivity contribution in [3.05, 3.63) is 0 Å². The lowest BCUT2D eigenvalue weighted by Crippen LogP contribution is -2.50. The molecule has 2 fully saturated rings. The van der Waals surface area contributed by atoms with Crippen LogP contribution >= 0.6 is 0 Å². The number of nitrogens with zero attached hydrogens (tertiary/aromatic N) is 1. The van der Waals surface area contributed by atoms with Crippen molar-refractivity contribution < 1.29 is 9.84 Å². The molecule has 1 aliphatic carbocycles. The second-order valence-electron chi connectivity index (χ2n) is 7.38. The van der Waals surface area contributed by atoms with Crippen LogP contribution in [0.15, 0.2) is 0 Å². The minimum absolute atomic E-state index is 0.0389. The summed E-state index contributed by atoms with van der Waals surface area (Å²) in [4.78, 5) is 2.45. The van der Waals surface area contributed by atoms with Crippen molar-refractivity contribution in [3.63, 3.8) is 0 Å². The lowest BCUT2D eigenvalue weighted by molar-refractivity contribution is -0.0325. The molecule has 0 bridgehead atoms. The molecule has 0 aromatic carbocycles. The number of hydrogen-bond donors (Lipinski definition) is 2. The summed E-state index contributed by atoms with van der Waals surface area (Å²) in [5, 5.41) is 13.0. The molecule has 0 radical (unpaired) electrons. The van der Waals surface area contributed by atoms with Crippen LogP contribution in [0, 0.1) is 11.3 Å². The lowest BCUT2D eigenvalue weighted by Gasteiger charge is -2.42. The Labute approximate surface area is 123 Å². The summed E-state index contributed by atoms with van der Waals surface area (Å²) < 4.78 is 5.77. The first-order chi connectivity index (χ1) is 9.49. The molecular weight excluding hydrogens is 252 g/mol. The molecule has 0 amide bonds. The zero-order valence-electron chi connectivity index (χ0n) is 13.4. The number of rotatable bonds is 7. The Kier molecular flexibility index (Phi) is 5.84. The molecule has 2 rings (SSSR count). The van der Waals surface area contributed by atoms with Crippen LogP contribution in [0.5, 0.6) is 0 Å². The smallest absolute Gasteiger partial charge is 0.0546 e. The van der Waals surface area contributed by atoms with Gasteiger partial charge in [0.2, 0.25) is 0 Å². The molecular formula is C16H32N2O2. The van der Waals surface area contributed by atoms with Crippen LogP contribution in [0.2, 0.25) is 0 Å². The highest BCUT2D eigenvalue weighted by atomic mass is 16.5. The summed E-state index contributed by atoms with van der Waals surface area (Å²) in [7, 11) is 2.22. The fraction of sp³-hybridized carbons (Fsp3) is 1.00.